The van der Waals surface area contributed by atoms with Crippen molar-refractivity contribution in [2.24, 2.45) is 0 Å². The molecule has 1 aromatic rings. The topological polar surface area (TPSA) is 29.1 Å². The SMILES string of the molecule is CCNC(C)(C)C(=O)c1ccccc1Cl. The molecule has 1 aromatic carbocycles. The number of rotatable bonds is 4. The molecule has 82 valence electrons. The quantitative estimate of drug-likeness (QED) is 0.799. The van der Waals surface area contributed by atoms with Crippen LogP contribution in [0.25, 0.3) is 0 Å². The van der Waals surface area contributed by atoms with Crippen molar-refractivity contribution in [3.8, 4) is 0 Å². The maximum atomic E-state index is 12.1. The minimum absolute atomic E-state index is 0.0231. The fourth-order valence-electron chi connectivity index (χ4n) is 1.50. The zero-order valence-corrected chi connectivity index (χ0v) is 10.1. The molecule has 15 heavy (non-hydrogen) atoms. The first kappa shape index (κ1) is 12.2. The van der Waals surface area contributed by atoms with Crippen LogP contribution < -0.4 is 5.32 Å². The molecule has 0 aromatic heterocycles. The highest BCUT2D eigenvalue weighted by Crippen LogP contribution is 2.20. The van der Waals surface area contributed by atoms with Gasteiger partial charge in [0.2, 0.25) is 0 Å². The molecule has 0 fully saturated rings. The molecule has 0 aliphatic rings. The summed E-state index contributed by atoms with van der Waals surface area (Å²) in [4.78, 5) is 12.1. The van der Waals surface area contributed by atoms with E-state index in [4.69, 9.17) is 11.6 Å². The van der Waals surface area contributed by atoms with E-state index in [2.05, 4.69) is 5.32 Å². The molecule has 1 rings (SSSR count). The molecule has 0 saturated carbocycles. The average Bonchev–Trinajstić information content (AvgIpc) is 2.17. The summed E-state index contributed by atoms with van der Waals surface area (Å²) in [6.45, 7) is 6.45. The molecule has 0 unspecified atom stereocenters. The number of hydrogen-bond donors (Lipinski definition) is 1. The Bertz CT molecular complexity index is 360. The number of Topliss-reactive ketones (excluding diaryl/α,β-unsaturated/α-hetero) is 1. The molecule has 0 aliphatic carbocycles. The van der Waals surface area contributed by atoms with Crippen LogP contribution in [0, 0.1) is 0 Å². The number of benzene rings is 1. The Labute approximate surface area is 95.6 Å². The maximum Gasteiger partial charge on any atom is 0.183 e. The summed E-state index contributed by atoms with van der Waals surface area (Å²) < 4.78 is 0. The van der Waals surface area contributed by atoms with E-state index in [1.54, 1.807) is 12.1 Å². The molecule has 0 spiro atoms. The predicted molar refractivity (Wildman–Crippen MR) is 63.5 cm³/mol. The second-order valence-corrected chi connectivity index (χ2v) is 4.37. The van der Waals surface area contributed by atoms with Crippen LogP contribution in [0.15, 0.2) is 24.3 Å². The third kappa shape index (κ3) is 2.80. The second kappa shape index (κ2) is 4.77. The molecule has 2 nitrogen and oxygen atoms in total. The number of carbonyl (C=O) groups excluding carboxylic acids is 1. The Morgan fingerprint density at radius 1 is 1.40 bits per heavy atom. The van der Waals surface area contributed by atoms with Crippen LogP contribution in [0.5, 0.6) is 0 Å². The van der Waals surface area contributed by atoms with E-state index in [-0.39, 0.29) is 5.78 Å². The highest BCUT2D eigenvalue weighted by atomic mass is 35.5. The van der Waals surface area contributed by atoms with Gasteiger partial charge in [-0.1, -0.05) is 30.7 Å². The van der Waals surface area contributed by atoms with Gasteiger partial charge < -0.3 is 5.32 Å². The van der Waals surface area contributed by atoms with Crippen LogP contribution in [0.4, 0.5) is 0 Å². The van der Waals surface area contributed by atoms with E-state index in [9.17, 15) is 4.79 Å². The number of likely N-dealkylation sites (N-methyl/N-ethyl adjacent to an activating group) is 1. The Morgan fingerprint density at radius 3 is 2.53 bits per heavy atom. The van der Waals surface area contributed by atoms with Gasteiger partial charge in [-0.3, -0.25) is 4.79 Å². The molecule has 0 bridgehead atoms. The first-order valence-corrected chi connectivity index (χ1v) is 5.41. The lowest BCUT2D eigenvalue weighted by atomic mass is 9.93. The van der Waals surface area contributed by atoms with Crippen molar-refractivity contribution in [1.82, 2.24) is 5.32 Å². The molecule has 0 saturated heterocycles. The van der Waals surface area contributed by atoms with E-state index in [0.29, 0.717) is 10.6 Å². The molecule has 1 N–H and O–H groups in total. The van der Waals surface area contributed by atoms with Crippen LogP contribution >= 0.6 is 11.6 Å². The van der Waals surface area contributed by atoms with Crippen LogP contribution in [0.3, 0.4) is 0 Å². The van der Waals surface area contributed by atoms with E-state index in [1.165, 1.54) is 0 Å². The van der Waals surface area contributed by atoms with Crippen LogP contribution in [0.2, 0.25) is 5.02 Å². The van der Waals surface area contributed by atoms with Crippen molar-refractivity contribution in [3.63, 3.8) is 0 Å². The van der Waals surface area contributed by atoms with Crippen molar-refractivity contribution in [2.45, 2.75) is 26.3 Å². The summed E-state index contributed by atoms with van der Waals surface area (Å²) in [5.74, 6) is 0.0231. The largest absolute Gasteiger partial charge is 0.305 e. The summed E-state index contributed by atoms with van der Waals surface area (Å²) in [6, 6.07) is 7.13. The van der Waals surface area contributed by atoms with E-state index >= 15 is 0 Å². The van der Waals surface area contributed by atoms with Gasteiger partial charge in [0.1, 0.15) is 0 Å². The number of hydrogen-bond acceptors (Lipinski definition) is 2. The first-order valence-electron chi connectivity index (χ1n) is 5.03. The minimum Gasteiger partial charge on any atom is -0.305 e. The van der Waals surface area contributed by atoms with Gasteiger partial charge in [-0.15, -0.1) is 0 Å². The summed E-state index contributed by atoms with van der Waals surface area (Å²) in [6.07, 6.45) is 0. The summed E-state index contributed by atoms with van der Waals surface area (Å²) in [5.41, 5.74) is 0.00448. The third-order valence-corrected chi connectivity index (χ3v) is 2.63. The maximum absolute atomic E-state index is 12.1. The van der Waals surface area contributed by atoms with Gasteiger partial charge in [0.15, 0.2) is 5.78 Å². The van der Waals surface area contributed by atoms with E-state index in [0.717, 1.165) is 6.54 Å². The van der Waals surface area contributed by atoms with Gasteiger partial charge in [0, 0.05) is 5.56 Å². The number of carbonyl (C=O) groups is 1. The van der Waals surface area contributed by atoms with Gasteiger partial charge in [-0.2, -0.15) is 0 Å². The Hall–Kier alpha value is -0.860. The summed E-state index contributed by atoms with van der Waals surface area (Å²) in [7, 11) is 0. The van der Waals surface area contributed by atoms with Gasteiger partial charge >= 0.3 is 0 Å². The van der Waals surface area contributed by atoms with Crippen molar-refractivity contribution in [3.05, 3.63) is 34.9 Å². The number of halogens is 1. The summed E-state index contributed by atoms with van der Waals surface area (Å²) >= 11 is 5.98. The highest BCUT2D eigenvalue weighted by Gasteiger charge is 2.28. The monoisotopic (exact) mass is 225 g/mol. The highest BCUT2D eigenvalue weighted by molar-refractivity contribution is 6.34. The zero-order chi connectivity index (χ0) is 11.5. The lowest BCUT2D eigenvalue weighted by molar-refractivity contribution is 0.0884. The smallest absolute Gasteiger partial charge is 0.183 e. The van der Waals surface area contributed by atoms with E-state index in [1.807, 2.05) is 32.9 Å². The lowest BCUT2D eigenvalue weighted by Gasteiger charge is -2.24. The van der Waals surface area contributed by atoms with Crippen LogP contribution in [-0.4, -0.2) is 17.9 Å². The summed E-state index contributed by atoms with van der Waals surface area (Å²) in [5, 5.41) is 3.65. The van der Waals surface area contributed by atoms with Crippen molar-refractivity contribution >= 4 is 17.4 Å². The standard InChI is InChI=1S/C12H16ClNO/c1-4-14-12(2,3)11(15)9-7-5-6-8-10(9)13/h5-8,14H,4H2,1-3H3. The van der Waals surface area contributed by atoms with Crippen molar-refractivity contribution < 1.29 is 4.79 Å². The van der Waals surface area contributed by atoms with Gasteiger partial charge in [0.05, 0.1) is 10.6 Å². The zero-order valence-electron chi connectivity index (χ0n) is 9.30. The molecule has 3 heteroatoms. The molecule has 0 aliphatic heterocycles. The average molecular weight is 226 g/mol. The van der Waals surface area contributed by atoms with Crippen LogP contribution in [0.1, 0.15) is 31.1 Å². The van der Waals surface area contributed by atoms with Crippen LogP contribution in [-0.2, 0) is 0 Å². The number of ketones is 1. The Balaban J connectivity index is 2.99. The van der Waals surface area contributed by atoms with E-state index < -0.39 is 5.54 Å². The fraction of sp³-hybridized carbons (Fsp3) is 0.417. The minimum atomic E-state index is -0.570. The third-order valence-electron chi connectivity index (χ3n) is 2.30. The first-order chi connectivity index (χ1) is 6.99. The predicted octanol–water partition coefficient (Wildman–Crippen LogP) is 2.91. The fourth-order valence-corrected chi connectivity index (χ4v) is 1.73. The van der Waals surface area contributed by atoms with Gasteiger partial charge in [0.25, 0.3) is 0 Å². The molecule has 0 radical (unpaired) electrons. The lowest BCUT2D eigenvalue weighted by Crippen LogP contribution is -2.46. The molecular formula is C12H16ClNO. The normalized spacial score (nSPS) is 11.5. The Kier molecular flexibility index (Phi) is 3.89. The Morgan fingerprint density at radius 2 is 2.00 bits per heavy atom. The van der Waals surface area contributed by atoms with Gasteiger partial charge in [-0.05, 0) is 32.5 Å². The molecule has 0 amide bonds. The van der Waals surface area contributed by atoms with Crippen molar-refractivity contribution in [1.29, 1.82) is 0 Å². The second-order valence-electron chi connectivity index (χ2n) is 3.96. The number of nitrogens with one attached hydrogen (secondary N) is 1. The molecule has 0 atom stereocenters. The van der Waals surface area contributed by atoms with Crippen molar-refractivity contribution in [2.75, 3.05) is 6.54 Å². The molecular weight excluding hydrogens is 210 g/mol. The van der Waals surface area contributed by atoms with Gasteiger partial charge in [-0.25, -0.2) is 0 Å². The molecule has 0 heterocycles.